The Morgan fingerprint density at radius 1 is 1.16 bits per heavy atom. The maximum atomic E-state index is 15.0. The Morgan fingerprint density at radius 3 is 2.46 bits per heavy atom. The molecule has 3 aliphatic rings. The number of amides is 3. The highest BCUT2D eigenvalue weighted by atomic mass is 19.3. The van der Waals surface area contributed by atoms with Crippen molar-refractivity contribution in [1.29, 1.82) is 0 Å². The third kappa shape index (κ3) is 6.37. The first kappa shape index (κ1) is 26.8. The van der Waals surface area contributed by atoms with E-state index < -0.39 is 41.9 Å². The molecule has 3 amide bonds. The highest BCUT2D eigenvalue weighted by Gasteiger charge is 2.45. The average Bonchev–Trinajstić information content (AvgIpc) is 2.79. The van der Waals surface area contributed by atoms with E-state index in [1.165, 1.54) is 12.1 Å². The molecule has 0 bridgehead atoms. The summed E-state index contributed by atoms with van der Waals surface area (Å²) in [5, 5.41) is 5.22. The Labute approximate surface area is 214 Å². The molecule has 3 heterocycles. The number of likely N-dealkylation sites (tertiary alicyclic amines) is 1. The Hall–Kier alpha value is -3.24. The van der Waals surface area contributed by atoms with Gasteiger partial charge in [-0.25, -0.2) is 9.18 Å². The van der Waals surface area contributed by atoms with Crippen LogP contribution in [0.1, 0.15) is 57.9 Å². The normalized spacial score (nSPS) is 22.9. The lowest BCUT2D eigenvalue weighted by Crippen LogP contribution is -2.51. The van der Waals surface area contributed by atoms with Gasteiger partial charge in [0.05, 0.1) is 12.2 Å². The van der Waals surface area contributed by atoms with Crippen molar-refractivity contribution in [3.8, 4) is 0 Å². The summed E-state index contributed by atoms with van der Waals surface area (Å²) >= 11 is 0. The SMILES string of the molecule is CC(C)(C)OC(=O)N1CC=C(N2CCC(c3ccc(NC4CCC(=O)NC4=O)cc3F)CC2)C(F)(F)C1. The van der Waals surface area contributed by atoms with Crippen LogP contribution in [0.15, 0.2) is 30.0 Å². The van der Waals surface area contributed by atoms with E-state index in [-0.39, 0.29) is 30.5 Å². The van der Waals surface area contributed by atoms with Crippen molar-refractivity contribution in [3.05, 3.63) is 41.4 Å². The number of carbonyl (C=O) groups is 3. The molecule has 1 aromatic rings. The van der Waals surface area contributed by atoms with Crippen molar-refractivity contribution in [2.45, 2.75) is 69.9 Å². The maximum absolute atomic E-state index is 15.0. The number of hydrogen-bond acceptors (Lipinski definition) is 6. The quantitative estimate of drug-likeness (QED) is 0.582. The van der Waals surface area contributed by atoms with Crippen LogP contribution in [-0.4, -0.2) is 71.5 Å². The summed E-state index contributed by atoms with van der Waals surface area (Å²) in [6, 6.07) is 4.08. The predicted molar refractivity (Wildman–Crippen MR) is 131 cm³/mol. The summed E-state index contributed by atoms with van der Waals surface area (Å²) in [6.07, 6.45) is 2.16. The van der Waals surface area contributed by atoms with E-state index in [1.54, 1.807) is 37.8 Å². The largest absolute Gasteiger partial charge is 0.444 e. The lowest BCUT2D eigenvalue weighted by atomic mass is 9.88. The molecule has 2 N–H and O–H groups in total. The number of halogens is 3. The molecular formula is C26H33F3N4O4. The predicted octanol–water partition coefficient (Wildman–Crippen LogP) is 3.99. The van der Waals surface area contributed by atoms with Crippen LogP contribution in [0.4, 0.5) is 23.7 Å². The van der Waals surface area contributed by atoms with E-state index >= 15 is 0 Å². The van der Waals surface area contributed by atoms with Crippen LogP contribution in [0.2, 0.25) is 0 Å². The summed E-state index contributed by atoms with van der Waals surface area (Å²) in [5.74, 6) is -4.52. The van der Waals surface area contributed by atoms with Crippen molar-refractivity contribution >= 4 is 23.6 Å². The molecule has 0 saturated carbocycles. The van der Waals surface area contributed by atoms with E-state index in [0.717, 1.165) is 4.90 Å². The number of nitrogens with zero attached hydrogens (tertiary/aromatic N) is 2. The average molecular weight is 523 g/mol. The summed E-state index contributed by atoms with van der Waals surface area (Å²) in [7, 11) is 0. The molecule has 2 fully saturated rings. The van der Waals surface area contributed by atoms with Gasteiger partial charge in [0.15, 0.2) is 0 Å². The Bertz CT molecular complexity index is 1090. The maximum Gasteiger partial charge on any atom is 0.410 e. The lowest BCUT2D eigenvalue weighted by Gasteiger charge is -2.41. The molecule has 1 atom stereocenters. The molecular weight excluding hydrogens is 489 g/mol. The number of rotatable bonds is 4. The molecule has 4 rings (SSSR count). The molecule has 8 nitrogen and oxygen atoms in total. The number of imide groups is 1. The van der Waals surface area contributed by atoms with Gasteiger partial charge >= 0.3 is 12.0 Å². The fourth-order valence-corrected chi connectivity index (χ4v) is 4.97. The van der Waals surface area contributed by atoms with Gasteiger partial charge in [-0.2, -0.15) is 8.78 Å². The Balaban J connectivity index is 1.35. The first-order chi connectivity index (χ1) is 17.3. The van der Waals surface area contributed by atoms with Crippen molar-refractivity contribution < 1.29 is 32.3 Å². The molecule has 0 aromatic heterocycles. The number of hydrogen-bond donors (Lipinski definition) is 2. The molecule has 202 valence electrons. The van der Waals surface area contributed by atoms with Crippen molar-refractivity contribution in [2.24, 2.45) is 0 Å². The highest BCUT2D eigenvalue weighted by molar-refractivity contribution is 6.01. The van der Waals surface area contributed by atoms with E-state index in [2.05, 4.69) is 10.6 Å². The van der Waals surface area contributed by atoms with Gasteiger partial charge in [0.25, 0.3) is 0 Å². The molecule has 3 aliphatic heterocycles. The topological polar surface area (TPSA) is 91.0 Å². The fraction of sp³-hybridized carbons (Fsp3) is 0.577. The number of ether oxygens (including phenoxy) is 1. The number of alkyl halides is 2. The van der Waals surface area contributed by atoms with Crippen molar-refractivity contribution in [2.75, 3.05) is 31.5 Å². The second-order valence-corrected chi connectivity index (χ2v) is 10.8. The van der Waals surface area contributed by atoms with Crippen molar-refractivity contribution in [3.63, 3.8) is 0 Å². The van der Waals surface area contributed by atoms with Crippen LogP contribution in [0.25, 0.3) is 0 Å². The molecule has 2 saturated heterocycles. The number of benzene rings is 1. The zero-order valence-electron chi connectivity index (χ0n) is 21.3. The summed E-state index contributed by atoms with van der Waals surface area (Å²) < 4.78 is 50.2. The monoisotopic (exact) mass is 522 g/mol. The lowest BCUT2D eigenvalue weighted by molar-refractivity contribution is -0.133. The smallest absolute Gasteiger partial charge is 0.410 e. The number of carbonyl (C=O) groups excluding carboxylic acids is 3. The van der Waals surface area contributed by atoms with Crippen LogP contribution in [0.3, 0.4) is 0 Å². The summed E-state index contributed by atoms with van der Waals surface area (Å²) in [6.45, 7) is 5.03. The second kappa shape index (κ2) is 10.3. The van der Waals surface area contributed by atoms with Crippen LogP contribution < -0.4 is 10.6 Å². The van der Waals surface area contributed by atoms with E-state index in [9.17, 15) is 27.6 Å². The molecule has 1 unspecified atom stereocenters. The second-order valence-electron chi connectivity index (χ2n) is 10.8. The van der Waals surface area contributed by atoms with E-state index in [1.807, 2.05) is 0 Å². The highest BCUT2D eigenvalue weighted by Crippen LogP contribution is 2.37. The minimum absolute atomic E-state index is 0.0377. The minimum Gasteiger partial charge on any atom is -0.444 e. The first-order valence-corrected chi connectivity index (χ1v) is 12.5. The third-order valence-corrected chi connectivity index (χ3v) is 6.78. The van der Waals surface area contributed by atoms with E-state index in [0.29, 0.717) is 43.6 Å². The van der Waals surface area contributed by atoms with Gasteiger partial charge in [-0.15, -0.1) is 0 Å². The van der Waals surface area contributed by atoms with Gasteiger partial charge in [0.1, 0.15) is 17.5 Å². The van der Waals surface area contributed by atoms with Crippen LogP contribution in [0.5, 0.6) is 0 Å². The van der Waals surface area contributed by atoms with E-state index in [4.69, 9.17) is 4.74 Å². The number of nitrogens with one attached hydrogen (secondary N) is 2. The summed E-state index contributed by atoms with van der Waals surface area (Å²) in [5.41, 5.74) is 0.0749. The first-order valence-electron chi connectivity index (χ1n) is 12.5. The molecule has 0 aliphatic carbocycles. The van der Waals surface area contributed by atoms with Gasteiger partial charge in [-0.05, 0) is 69.7 Å². The van der Waals surface area contributed by atoms with Crippen LogP contribution in [-0.2, 0) is 14.3 Å². The standard InChI is InChI=1S/C26H33F3N4O4/c1-25(2,3)37-24(36)33-13-10-21(26(28,29)15-33)32-11-8-16(9-12-32)18-5-4-17(14-19(18)27)30-20-6-7-22(34)31-23(20)35/h4-5,10,14,16,20,30H,6-9,11-13,15H2,1-3H3,(H,31,34,35). The zero-order chi connectivity index (χ0) is 27.0. The fourth-order valence-electron chi connectivity index (χ4n) is 4.97. The molecule has 11 heteroatoms. The molecule has 1 aromatic carbocycles. The molecule has 37 heavy (non-hydrogen) atoms. The van der Waals surface area contributed by atoms with Gasteiger partial charge in [0.2, 0.25) is 11.8 Å². The zero-order valence-corrected chi connectivity index (χ0v) is 21.3. The Morgan fingerprint density at radius 2 is 1.86 bits per heavy atom. The summed E-state index contributed by atoms with van der Waals surface area (Å²) in [4.78, 5) is 38.1. The third-order valence-electron chi connectivity index (χ3n) is 6.78. The van der Waals surface area contributed by atoms with Gasteiger partial charge in [-0.1, -0.05) is 6.07 Å². The number of piperidine rings is 2. The minimum atomic E-state index is -3.21. The van der Waals surface area contributed by atoms with Gasteiger partial charge < -0.3 is 15.0 Å². The molecule has 0 radical (unpaired) electrons. The van der Waals surface area contributed by atoms with Crippen LogP contribution in [0, 0.1) is 5.82 Å². The van der Waals surface area contributed by atoms with Gasteiger partial charge in [0, 0.05) is 31.7 Å². The number of anilines is 1. The van der Waals surface area contributed by atoms with Crippen molar-refractivity contribution in [1.82, 2.24) is 15.1 Å². The van der Waals surface area contributed by atoms with Crippen LogP contribution >= 0.6 is 0 Å². The molecule has 0 spiro atoms. The van der Waals surface area contributed by atoms with Gasteiger partial charge in [-0.3, -0.25) is 19.8 Å². The Kier molecular flexibility index (Phi) is 7.43.